The van der Waals surface area contributed by atoms with E-state index in [-0.39, 0.29) is 18.0 Å². The maximum atomic E-state index is 13.2. The third-order valence-corrected chi connectivity index (χ3v) is 9.36. The molecule has 2 aromatic rings. The molecule has 4 fully saturated rings. The highest BCUT2D eigenvalue weighted by molar-refractivity contribution is 6.09. The van der Waals surface area contributed by atoms with Gasteiger partial charge >= 0.3 is 0 Å². The van der Waals surface area contributed by atoms with Gasteiger partial charge in [0.25, 0.3) is 0 Å². The third kappa shape index (κ3) is 5.94. The Morgan fingerprint density at radius 1 is 0.526 bits per heavy atom. The zero-order valence-corrected chi connectivity index (χ0v) is 22.9. The maximum absolute atomic E-state index is 13.2. The van der Waals surface area contributed by atoms with Crippen molar-refractivity contribution >= 4 is 5.78 Å². The first-order chi connectivity index (χ1) is 18.7. The van der Waals surface area contributed by atoms with Crippen LogP contribution in [0.4, 0.5) is 0 Å². The molecule has 2 aliphatic heterocycles. The normalized spacial score (nSPS) is 28.8. The molecule has 0 aromatic heterocycles. The third-order valence-electron chi connectivity index (χ3n) is 9.36. The van der Waals surface area contributed by atoms with Gasteiger partial charge in [0.2, 0.25) is 0 Å². The summed E-state index contributed by atoms with van der Waals surface area (Å²) in [6.07, 6.45) is 15.6. The van der Waals surface area contributed by atoms with Gasteiger partial charge < -0.3 is 9.47 Å². The first kappa shape index (κ1) is 25.9. The largest absolute Gasteiger partial charge is 0.489 e. The molecule has 5 heteroatoms. The summed E-state index contributed by atoms with van der Waals surface area (Å²) in [6.45, 7) is 4.84. The van der Waals surface area contributed by atoms with Gasteiger partial charge in [-0.2, -0.15) is 0 Å². The second-order valence-corrected chi connectivity index (χ2v) is 11.9. The van der Waals surface area contributed by atoms with Gasteiger partial charge in [-0.15, -0.1) is 0 Å². The van der Waals surface area contributed by atoms with Crippen LogP contribution in [0.3, 0.4) is 0 Å². The Bertz CT molecular complexity index is 957. The Labute approximate surface area is 228 Å². The highest BCUT2D eigenvalue weighted by Gasteiger charge is 2.34. The summed E-state index contributed by atoms with van der Waals surface area (Å²) in [5, 5.41) is 0. The fraction of sp³-hybridized carbons (Fsp3) is 0.606. The van der Waals surface area contributed by atoms with Crippen LogP contribution in [0.25, 0.3) is 0 Å². The Hall–Kier alpha value is -2.37. The van der Waals surface area contributed by atoms with E-state index in [9.17, 15) is 4.79 Å². The monoisotopic (exact) mass is 516 g/mol. The molecule has 38 heavy (non-hydrogen) atoms. The number of benzene rings is 2. The predicted molar refractivity (Wildman–Crippen MR) is 151 cm³/mol. The van der Waals surface area contributed by atoms with Gasteiger partial charge in [0.15, 0.2) is 5.78 Å². The number of hydrogen-bond acceptors (Lipinski definition) is 5. The van der Waals surface area contributed by atoms with E-state index in [4.69, 9.17) is 9.47 Å². The average molecular weight is 517 g/mol. The Kier molecular flexibility index (Phi) is 8.32. The van der Waals surface area contributed by atoms with Crippen LogP contribution in [0.5, 0.6) is 11.5 Å². The Morgan fingerprint density at radius 2 is 0.895 bits per heavy atom. The van der Waals surface area contributed by atoms with Crippen LogP contribution in [0, 0.1) is 0 Å². The number of likely N-dealkylation sites (tertiary alicyclic amines) is 2. The molecule has 2 aromatic carbocycles. The van der Waals surface area contributed by atoms with Crippen LogP contribution in [0.15, 0.2) is 48.5 Å². The van der Waals surface area contributed by atoms with Crippen LogP contribution < -0.4 is 9.47 Å². The zero-order chi connectivity index (χ0) is 25.7. The molecular formula is C33H44N2O3. The average Bonchev–Trinajstić information content (AvgIpc) is 3.70. The maximum Gasteiger partial charge on any atom is 0.193 e. The van der Waals surface area contributed by atoms with Gasteiger partial charge in [-0.1, -0.05) is 12.8 Å². The van der Waals surface area contributed by atoms with E-state index in [1.807, 2.05) is 48.5 Å². The van der Waals surface area contributed by atoms with E-state index in [0.29, 0.717) is 23.2 Å². The minimum absolute atomic E-state index is 0.0447. The van der Waals surface area contributed by atoms with E-state index in [0.717, 1.165) is 24.3 Å². The summed E-state index contributed by atoms with van der Waals surface area (Å²) in [5.74, 6) is 1.80. The molecule has 2 saturated carbocycles. The highest BCUT2D eigenvalue weighted by Crippen LogP contribution is 2.31. The number of rotatable bonds is 8. The highest BCUT2D eigenvalue weighted by atomic mass is 16.5. The molecule has 0 bridgehead atoms. The molecule has 4 aliphatic rings. The van der Waals surface area contributed by atoms with E-state index in [1.54, 1.807) is 0 Å². The second kappa shape index (κ2) is 12.2. The lowest BCUT2D eigenvalue weighted by Crippen LogP contribution is -2.46. The second-order valence-electron chi connectivity index (χ2n) is 11.9. The molecule has 2 saturated heterocycles. The Balaban J connectivity index is 1.06. The van der Waals surface area contributed by atoms with Crippen molar-refractivity contribution in [2.75, 3.05) is 26.2 Å². The van der Waals surface area contributed by atoms with Gasteiger partial charge in [0.05, 0.1) is 0 Å². The molecule has 5 nitrogen and oxygen atoms in total. The number of ketones is 1. The zero-order valence-electron chi connectivity index (χ0n) is 22.9. The first-order valence-electron chi connectivity index (χ1n) is 15.3. The quantitative estimate of drug-likeness (QED) is 0.375. The molecule has 0 N–H and O–H groups in total. The molecule has 0 spiro atoms. The van der Waals surface area contributed by atoms with Gasteiger partial charge in [0, 0.05) is 23.2 Å². The molecule has 2 heterocycles. The van der Waals surface area contributed by atoms with Crippen molar-refractivity contribution in [3.63, 3.8) is 0 Å². The molecule has 4 atom stereocenters. The Morgan fingerprint density at radius 3 is 1.29 bits per heavy atom. The van der Waals surface area contributed by atoms with Crippen molar-refractivity contribution in [3.05, 3.63) is 59.7 Å². The van der Waals surface area contributed by atoms with E-state index in [1.165, 1.54) is 90.4 Å². The van der Waals surface area contributed by atoms with E-state index < -0.39 is 0 Å². The van der Waals surface area contributed by atoms with Crippen LogP contribution in [-0.2, 0) is 0 Å². The summed E-state index contributed by atoms with van der Waals surface area (Å²) in [4.78, 5) is 18.5. The van der Waals surface area contributed by atoms with Crippen molar-refractivity contribution in [1.82, 2.24) is 9.80 Å². The van der Waals surface area contributed by atoms with Crippen LogP contribution in [-0.4, -0.2) is 66.1 Å². The topological polar surface area (TPSA) is 42.0 Å². The number of ether oxygens (including phenoxy) is 2. The standard InChI is InChI=1S/C33H44N2O3/c36-33(25-13-17-27(18-14-25)37-31-11-3-1-9-29(31)34-21-5-6-22-34)26-15-19-28(20-16-26)38-32-12-4-2-10-30(32)35-23-7-8-24-35/h13-20,29-32H,1-12,21-24H2/t29-,30-,31-,32-/m1/s1. The summed E-state index contributed by atoms with van der Waals surface area (Å²) < 4.78 is 13.0. The summed E-state index contributed by atoms with van der Waals surface area (Å²) in [7, 11) is 0. The van der Waals surface area contributed by atoms with E-state index >= 15 is 0 Å². The summed E-state index contributed by atoms with van der Waals surface area (Å²) in [6, 6.07) is 16.6. The van der Waals surface area contributed by atoms with E-state index in [2.05, 4.69) is 9.80 Å². The number of hydrogen-bond donors (Lipinski definition) is 0. The minimum atomic E-state index is 0.0447. The fourth-order valence-electron chi connectivity index (χ4n) is 7.30. The van der Waals surface area contributed by atoms with Crippen LogP contribution in [0.2, 0.25) is 0 Å². The minimum Gasteiger partial charge on any atom is -0.489 e. The van der Waals surface area contributed by atoms with Crippen LogP contribution in [0.1, 0.15) is 93.0 Å². The lowest BCUT2D eigenvalue weighted by Gasteiger charge is -2.37. The molecule has 0 radical (unpaired) electrons. The summed E-state index contributed by atoms with van der Waals surface area (Å²) in [5.41, 5.74) is 1.40. The van der Waals surface area contributed by atoms with Crippen molar-refractivity contribution in [1.29, 1.82) is 0 Å². The predicted octanol–water partition coefficient (Wildman–Crippen LogP) is 6.49. The number of carbonyl (C=O) groups is 1. The van der Waals surface area contributed by atoms with Crippen molar-refractivity contribution < 1.29 is 14.3 Å². The van der Waals surface area contributed by atoms with Gasteiger partial charge in [0.1, 0.15) is 23.7 Å². The first-order valence-corrected chi connectivity index (χ1v) is 15.3. The van der Waals surface area contributed by atoms with Crippen molar-refractivity contribution in [3.8, 4) is 11.5 Å². The van der Waals surface area contributed by atoms with Gasteiger partial charge in [-0.3, -0.25) is 14.6 Å². The molecule has 6 rings (SSSR count). The van der Waals surface area contributed by atoms with Crippen LogP contribution >= 0.6 is 0 Å². The molecule has 2 aliphatic carbocycles. The van der Waals surface area contributed by atoms with Crippen molar-refractivity contribution in [2.24, 2.45) is 0 Å². The smallest absolute Gasteiger partial charge is 0.193 e. The fourth-order valence-corrected chi connectivity index (χ4v) is 7.30. The number of carbonyl (C=O) groups excluding carboxylic acids is 1. The lowest BCUT2D eigenvalue weighted by atomic mass is 9.91. The molecule has 0 amide bonds. The SMILES string of the molecule is O=C(c1ccc(O[C@@H]2CCCC[C@H]2N2CCCC2)cc1)c1ccc(O[C@@H]2CCCC[C@H]2N2CCCC2)cc1. The molecule has 204 valence electrons. The molecule has 0 unspecified atom stereocenters. The lowest BCUT2D eigenvalue weighted by molar-refractivity contribution is 0.0485. The van der Waals surface area contributed by atoms with Gasteiger partial charge in [-0.25, -0.2) is 0 Å². The number of nitrogens with zero attached hydrogens (tertiary/aromatic N) is 2. The van der Waals surface area contributed by atoms with Crippen molar-refractivity contribution in [2.45, 2.75) is 101 Å². The molecular weight excluding hydrogens is 472 g/mol. The van der Waals surface area contributed by atoms with Gasteiger partial charge in [-0.05, 0) is 139 Å². The summed E-state index contributed by atoms with van der Waals surface area (Å²) >= 11 is 0.